The van der Waals surface area contributed by atoms with Gasteiger partial charge < -0.3 is 36.8 Å². The number of hydrogen-bond donors (Lipinski definition) is 6. The predicted octanol–water partition coefficient (Wildman–Crippen LogP) is 5.25. The fourth-order valence-electron chi connectivity index (χ4n) is 10.4. The molecule has 0 radical (unpaired) electrons. The molecule has 3 aliphatic carbocycles. The molecule has 0 bridgehead atoms. The summed E-state index contributed by atoms with van der Waals surface area (Å²) in [5.74, 6) is 2.69. The van der Waals surface area contributed by atoms with Gasteiger partial charge in [0.15, 0.2) is 0 Å². The summed E-state index contributed by atoms with van der Waals surface area (Å²) in [6.45, 7) is 21.8. The molecule has 7 N–H and O–H groups in total. The Hall–Kier alpha value is -1.26. The van der Waals surface area contributed by atoms with Crippen LogP contribution in [0.25, 0.3) is 0 Å². The minimum absolute atomic E-state index is 0.0120. The predicted molar refractivity (Wildman–Crippen MR) is 201 cm³/mol. The van der Waals surface area contributed by atoms with E-state index >= 15 is 0 Å². The molecule has 5 unspecified atom stereocenters. The number of nitrogens with one attached hydrogen (secondary N) is 4. The summed E-state index contributed by atoms with van der Waals surface area (Å²) in [5, 5.41) is 25.6. The van der Waals surface area contributed by atoms with Gasteiger partial charge in [-0.1, -0.05) is 48.0 Å². The molecule has 0 aromatic carbocycles. The number of methoxy groups -OCH3 is 1. The van der Waals surface area contributed by atoms with Gasteiger partial charge in [-0.3, -0.25) is 4.79 Å². The highest BCUT2D eigenvalue weighted by molar-refractivity contribution is 5.84. The van der Waals surface area contributed by atoms with Crippen LogP contribution in [0.15, 0.2) is 0 Å². The van der Waals surface area contributed by atoms with E-state index in [1.807, 2.05) is 13.8 Å². The van der Waals surface area contributed by atoms with Crippen molar-refractivity contribution in [3.8, 4) is 0 Å². The number of rotatable bonds is 21. The van der Waals surface area contributed by atoms with E-state index in [9.17, 15) is 14.7 Å². The molecule has 9 nitrogen and oxygen atoms in total. The Kier molecular flexibility index (Phi) is 17.3. The van der Waals surface area contributed by atoms with Crippen molar-refractivity contribution < 1.29 is 19.4 Å². The van der Waals surface area contributed by atoms with E-state index in [1.165, 1.54) is 45.6 Å². The van der Waals surface area contributed by atoms with Crippen molar-refractivity contribution >= 4 is 11.9 Å². The van der Waals surface area contributed by atoms with Crippen LogP contribution in [0.4, 0.5) is 0 Å². The highest BCUT2D eigenvalue weighted by Gasteiger charge is 2.59. The molecule has 0 saturated heterocycles. The lowest BCUT2D eigenvalue weighted by Gasteiger charge is -2.63. The minimum atomic E-state index is -0.593. The number of carbonyl (C=O) groups is 2. The molecule has 0 aliphatic heterocycles. The van der Waals surface area contributed by atoms with Crippen molar-refractivity contribution in [2.75, 3.05) is 46.4 Å². The summed E-state index contributed by atoms with van der Waals surface area (Å²) in [7, 11) is 1.37. The average Bonchev–Trinajstić information content (AvgIpc) is 3.07. The molecule has 0 aromatic rings. The number of aliphatic hydroxyl groups excluding tert-OH is 1. The Morgan fingerprint density at radius 2 is 1.65 bits per heavy atom. The van der Waals surface area contributed by atoms with E-state index in [2.05, 4.69) is 55.9 Å². The summed E-state index contributed by atoms with van der Waals surface area (Å²) in [5.41, 5.74) is 6.06. The number of aliphatic hydroxyl groups is 1. The van der Waals surface area contributed by atoms with Crippen LogP contribution in [-0.2, 0) is 14.3 Å². The zero-order valence-corrected chi connectivity index (χ0v) is 32.8. The first kappa shape index (κ1) is 42.2. The summed E-state index contributed by atoms with van der Waals surface area (Å²) in [4.78, 5) is 24.9. The lowest BCUT2D eigenvalue weighted by molar-refractivity contribution is -0.172. The third-order valence-electron chi connectivity index (χ3n) is 13.7. The van der Waals surface area contributed by atoms with Crippen LogP contribution in [0.1, 0.15) is 126 Å². The molecular weight excluding hydrogens is 614 g/mol. The third-order valence-corrected chi connectivity index (χ3v) is 13.7. The lowest BCUT2D eigenvalue weighted by Crippen LogP contribution is -2.59. The number of esters is 1. The number of fused-ring (bicyclic) bond motifs is 3. The summed E-state index contributed by atoms with van der Waals surface area (Å²) < 4.78 is 4.90. The first-order chi connectivity index (χ1) is 23.3. The molecule has 0 spiro atoms. The van der Waals surface area contributed by atoms with E-state index in [-0.39, 0.29) is 34.7 Å². The maximum absolute atomic E-state index is 12.8. The summed E-state index contributed by atoms with van der Waals surface area (Å²) in [6.07, 6.45) is 12.5. The van der Waals surface area contributed by atoms with Crippen LogP contribution < -0.4 is 27.0 Å². The second-order valence-electron chi connectivity index (χ2n) is 17.3. The van der Waals surface area contributed by atoms with Gasteiger partial charge in [-0.15, -0.1) is 0 Å². The van der Waals surface area contributed by atoms with Gasteiger partial charge in [0.2, 0.25) is 5.91 Å². The Bertz CT molecular complexity index is 998. The Morgan fingerprint density at radius 3 is 2.29 bits per heavy atom. The van der Waals surface area contributed by atoms with Crippen LogP contribution in [0, 0.1) is 52.3 Å². The van der Waals surface area contributed by atoms with Crippen molar-refractivity contribution in [2.45, 2.75) is 144 Å². The fraction of sp³-hybridized carbons (Fsp3) is 0.950. The van der Waals surface area contributed by atoms with Gasteiger partial charge in [-0.05, 0) is 150 Å². The smallest absolute Gasteiger partial charge is 0.328 e. The zero-order valence-electron chi connectivity index (χ0n) is 32.8. The standard InChI is InChI=1S/C40H77N5O4/c1-9-40(7)31(24-29(5)44-21-11-20-43-23-22-42-19-10-18-41)25-34(46)36-32-14-13-30(26-39(32,6)17-16-33(36)40)28(4)12-15-35(47)45-37(27(2)3)38(48)49-8/h27-34,36-37,42-44,46H,9-26,41H2,1-8H3,(H,45,47)/t28-,29+,30?,31+,32?,33?,34-,36?,37?,39-,40+/m1/s1. The highest BCUT2D eigenvalue weighted by Crippen LogP contribution is 2.65. The van der Waals surface area contributed by atoms with Crippen molar-refractivity contribution in [1.82, 2.24) is 21.3 Å². The maximum atomic E-state index is 12.8. The van der Waals surface area contributed by atoms with Crippen LogP contribution in [0.5, 0.6) is 0 Å². The Morgan fingerprint density at radius 1 is 0.959 bits per heavy atom. The van der Waals surface area contributed by atoms with Gasteiger partial charge in [0, 0.05) is 25.6 Å². The zero-order chi connectivity index (χ0) is 36.2. The second-order valence-corrected chi connectivity index (χ2v) is 17.3. The first-order valence-electron chi connectivity index (χ1n) is 20.2. The lowest BCUT2D eigenvalue weighted by atomic mass is 9.42. The third kappa shape index (κ3) is 11.4. The van der Waals surface area contributed by atoms with Crippen molar-refractivity contribution in [3.63, 3.8) is 0 Å². The minimum Gasteiger partial charge on any atom is -0.467 e. The molecule has 9 heteroatoms. The number of hydrogen-bond acceptors (Lipinski definition) is 8. The molecule has 49 heavy (non-hydrogen) atoms. The number of nitrogens with two attached hydrogens (primary N) is 1. The number of ether oxygens (including phenoxy) is 1. The number of carbonyl (C=O) groups excluding carboxylic acids is 2. The Labute approximate surface area is 300 Å². The van der Waals surface area contributed by atoms with E-state index < -0.39 is 6.04 Å². The molecule has 11 atom stereocenters. The van der Waals surface area contributed by atoms with Gasteiger partial charge in [0.1, 0.15) is 6.04 Å². The van der Waals surface area contributed by atoms with E-state index in [1.54, 1.807) is 0 Å². The normalized spacial score (nSPS) is 33.3. The van der Waals surface area contributed by atoms with E-state index in [0.717, 1.165) is 71.4 Å². The molecule has 3 saturated carbocycles. The summed E-state index contributed by atoms with van der Waals surface area (Å²) in [6, 6.07) is -0.147. The van der Waals surface area contributed by atoms with Crippen molar-refractivity contribution in [1.29, 1.82) is 0 Å². The maximum Gasteiger partial charge on any atom is 0.328 e. The molecule has 1 amide bonds. The molecule has 3 aliphatic rings. The molecule has 3 fully saturated rings. The van der Waals surface area contributed by atoms with Crippen molar-refractivity contribution in [3.05, 3.63) is 0 Å². The van der Waals surface area contributed by atoms with Crippen LogP contribution >= 0.6 is 0 Å². The molecule has 0 aromatic heterocycles. The fourth-order valence-corrected chi connectivity index (χ4v) is 10.4. The van der Waals surface area contributed by atoms with Crippen LogP contribution in [0.2, 0.25) is 0 Å². The topological polar surface area (TPSA) is 138 Å². The SMILES string of the molecule is CC[C@]1(C)C2CC[C@]3(C)CC([C@H](C)CCC(=O)NC(C(=O)OC)C(C)C)CCC3C2[C@H](O)C[C@@H]1C[C@H](C)NCCCNCCNCCCN. The molecule has 286 valence electrons. The molecular formula is C40H77N5O4. The summed E-state index contributed by atoms with van der Waals surface area (Å²) >= 11 is 0. The number of amides is 1. The Balaban J connectivity index is 1.50. The van der Waals surface area contributed by atoms with E-state index in [4.69, 9.17) is 10.5 Å². The van der Waals surface area contributed by atoms with E-state index in [0.29, 0.717) is 48.0 Å². The van der Waals surface area contributed by atoms with Crippen molar-refractivity contribution in [2.24, 2.45) is 58.0 Å². The highest BCUT2D eigenvalue weighted by atomic mass is 16.5. The monoisotopic (exact) mass is 692 g/mol. The largest absolute Gasteiger partial charge is 0.467 e. The second kappa shape index (κ2) is 20.1. The molecule has 3 rings (SSSR count). The van der Waals surface area contributed by atoms with Gasteiger partial charge >= 0.3 is 5.97 Å². The van der Waals surface area contributed by atoms with Gasteiger partial charge in [-0.2, -0.15) is 0 Å². The first-order valence-corrected chi connectivity index (χ1v) is 20.2. The van der Waals surface area contributed by atoms with Crippen LogP contribution in [-0.4, -0.2) is 81.5 Å². The average molecular weight is 692 g/mol. The quantitative estimate of drug-likeness (QED) is 0.0710. The molecule has 0 heterocycles. The van der Waals surface area contributed by atoms with Crippen LogP contribution in [0.3, 0.4) is 0 Å². The van der Waals surface area contributed by atoms with Gasteiger partial charge in [0.25, 0.3) is 0 Å². The van der Waals surface area contributed by atoms with Gasteiger partial charge in [-0.25, -0.2) is 4.79 Å². The van der Waals surface area contributed by atoms with Gasteiger partial charge in [0.05, 0.1) is 13.2 Å².